The molecule has 0 spiro atoms. The fourth-order valence-electron chi connectivity index (χ4n) is 7.25. The number of methoxy groups -OCH3 is 4. The number of hydrogen-bond donors (Lipinski definition) is 4. The number of carboxylic acid groups (broad SMARTS) is 1. The number of nitrogens with two attached hydrogens (primary N) is 1. The number of phenolic OH excluding ortho intramolecular Hbond substituents is 1. The van der Waals surface area contributed by atoms with Crippen LogP contribution in [-0.2, 0) is 56.9 Å². The maximum Gasteiger partial charge on any atom is 0.348 e. The lowest BCUT2D eigenvalue weighted by Gasteiger charge is -2.08. The van der Waals surface area contributed by atoms with Gasteiger partial charge in [-0.3, -0.25) is 19.5 Å². The van der Waals surface area contributed by atoms with Crippen molar-refractivity contribution in [3.8, 4) is 28.7 Å². The van der Waals surface area contributed by atoms with Crippen LogP contribution in [0, 0.1) is 0 Å². The van der Waals surface area contributed by atoms with Crippen LogP contribution in [-0.4, -0.2) is 142 Å². The number of hydrogen-bond acceptors (Lipinski definition) is 25. The molecule has 5 aromatic carbocycles. The molecule has 26 nitrogen and oxygen atoms in total. The van der Waals surface area contributed by atoms with Gasteiger partial charge in [-0.1, -0.05) is 11.6 Å². The minimum absolute atomic E-state index is 0. The number of carbonyl (C=O) groups excluding carboxylic acids is 6. The molecule has 3 heterocycles. The molecular weight excluding hydrogens is 1480 g/mol. The van der Waals surface area contributed by atoms with Crippen LogP contribution in [0.1, 0.15) is 81.0 Å². The highest BCUT2D eigenvalue weighted by Gasteiger charge is 2.23. The molecule has 0 aliphatic heterocycles. The lowest BCUT2D eigenvalue weighted by molar-refractivity contribution is -0.148. The number of carboxylic acids is 1. The van der Waals surface area contributed by atoms with Gasteiger partial charge in [-0.2, -0.15) is 0 Å². The normalized spacial score (nSPS) is 9.79. The Morgan fingerprint density at radius 3 is 1.38 bits per heavy atom. The number of fused-ring (bicyclic) bond motifs is 3. The number of esters is 6. The zero-order valence-electron chi connectivity index (χ0n) is 56.2. The molecule has 0 saturated heterocycles. The number of aromatic carboxylic acids is 1. The first-order chi connectivity index (χ1) is 47.2. The van der Waals surface area contributed by atoms with Gasteiger partial charge in [0.15, 0.2) is 11.1 Å². The Morgan fingerprint density at radius 1 is 0.510 bits per heavy atom. The summed E-state index contributed by atoms with van der Waals surface area (Å²) in [6, 6.07) is 33.0. The molecule has 0 fully saturated rings. The Bertz CT molecular complexity index is 4020. The van der Waals surface area contributed by atoms with Crippen LogP contribution >= 0.6 is 67.5 Å². The predicted octanol–water partition coefficient (Wildman–Crippen LogP) is 15.2. The van der Waals surface area contributed by atoms with E-state index in [2.05, 4.69) is 63.5 Å². The Labute approximate surface area is 608 Å². The predicted molar refractivity (Wildman–Crippen MR) is 390 cm³/mol. The number of phenols is 1. The number of nitrogens with one attached hydrogen (secondary N) is 1. The van der Waals surface area contributed by atoms with Gasteiger partial charge < -0.3 is 73.4 Å². The number of carbonyl (C=O) groups is 7. The highest BCUT2D eigenvalue weighted by atomic mass is 79.9. The van der Waals surface area contributed by atoms with Gasteiger partial charge in [0.05, 0.1) is 113 Å². The molecule has 5 N–H and O–H groups in total. The van der Waals surface area contributed by atoms with E-state index in [-0.39, 0.29) is 78.8 Å². The molecule has 542 valence electrons. The van der Waals surface area contributed by atoms with E-state index < -0.39 is 41.0 Å². The van der Waals surface area contributed by atoms with Crippen molar-refractivity contribution < 1.29 is 102 Å². The maximum absolute atomic E-state index is 11.7. The van der Waals surface area contributed by atoms with Crippen molar-refractivity contribution in [2.24, 2.45) is 0 Å². The molecule has 0 bridgehead atoms. The number of pyridine rings is 3. The van der Waals surface area contributed by atoms with Crippen molar-refractivity contribution in [3.63, 3.8) is 0 Å². The van der Waals surface area contributed by atoms with Crippen molar-refractivity contribution in [1.29, 1.82) is 0 Å². The van der Waals surface area contributed by atoms with Gasteiger partial charge >= 0.3 is 47.0 Å². The van der Waals surface area contributed by atoms with E-state index in [1.807, 2.05) is 30.3 Å². The van der Waals surface area contributed by atoms with Crippen LogP contribution in [0.2, 0.25) is 5.02 Å². The molecule has 0 aliphatic carbocycles. The summed E-state index contributed by atoms with van der Waals surface area (Å²) in [5, 5.41) is 20.0. The smallest absolute Gasteiger partial charge is 0.348 e. The number of anilines is 2. The van der Waals surface area contributed by atoms with Gasteiger partial charge in [0.1, 0.15) is 35.0 Å². The summed E-state index contributed by atoms with van der Waals surface area (Å²) in [4.78, 5) is 92.2. The molecule has 100 heavy (non-hydrogen) atoms. The average molecular weight is 1560 g/mol. The lowest BCUT2D eigenvalue weighted by Crippen LogP contribution is -2.19. The third-order valence-corrected chi connectivity index (χ3v) is 12.2. The van der Waals surface area contributed by atoms with E-state index in [0.717, 1.165) is 34.4 Å². The average Bonchev–Trinajstić information content (AvgIpc) is 0.809. The van der Waals surface area contributed by atoms with Crippen molar-refractivity contribution in [1.82, 2.24) is 15.0 Å². The van der Waals surface area contributed by atoms with Gasteiger partial charge in [-0.25, -0.2) is 33.6 Å². The Kier molecular flexibility index (Phi) is 42.6. The zero-order valence-corrected chi connectivity index (χ0v) is 61.9. The number of nitrogen functional groups attached to an aromatic ring is 1. The molecule has 8 aromatic rings. The number of aromatic nitrogens is 3. The number of rotatable bonds is 21. The minimum atomic E-state index is -3.22. The van der Waals surface area contributed by atoms with Crippen LogP contribution in [0.15, 0.2) is 157 Å². The van der Waals surface area contributed by atoms with Gasteiger partial charge in [-0.15, -0.1) is 17.0 Å². The third-order valence-electron chi connectivity index (χ3n) is 11.8. The van der Waals surface area contributed by atoms with Gasteiger partial charge in [-0.05, 0) is 197 Å². The van der Waals surface area contributed by atoms with Crippen LogP contribution in [0.4, 0.5) is 11.4 Å². The Hall–Kier alpha value is -9.63. The first kappa shape index (κ1) is 88.4. The minimum Gasteiger partial charge on any atom is -0.508 e. The molecule has 32 heteroatoms. The summed E-state index contributed by atoms with van der Waals surface area (Å²) in [5.41, 5.74) is 9.48. The summed E-state index contributed by atoms with van der Waals surface area (Å²) in [6.07, 6.45) is 6.58. The van der Waals surface area contributed by atoms with Crippen LogP contribution in [0.25, 0.3) is 32.7 Å². The maximum atomic E-state index is 11.7. The highest BCUT2D eigenvalue weighted by molar-refractivity contribution is 8.93. The number of halogens is 5. The molecule has 0 unspecified atom stereocenters. The van der Waals surface area contributed by atoms with E-state index >= 15 is 0 Å². The SMILES string of the molecule is Br.CCOC(=O)C(=CNc1ccc(OC)cc1)C(=O)OCC.CCOC(=O)c1cnc2ccc(OC)cc2c1.CCOC(=O)c1cnc2ccc(OC)cc2c1Cl.CCOC=C(C(=O)OCC)C(=O)OCC.COc1ccc(N)cc1.O=C(O)c1cnc2ccc(O)cc2c1.O=P(Cl)(Cl)Cl.[HH]. The summed E-state index contributed by atoms with van der Waals surface area (Å²) >= 11 is 20.1. The monoisotopic (exact) mass is 1550 g/mol. The Balaban J connectivity index is 0.00000118. The second-order valence-electron chi connectivity index (χ2n) is 18.5. The number of aromatic hydroxyl groups is 1. The van der Waals surface area contributed by atoms with Crippen molar-refractivity contribution in [2.75, 3.05) is 85.7 Å². The van der Waals surface area contributed by atoms with Crippen molar-refractivity contribution >= 4 is 153 Å². The van der Waals surface area contributed by atoms with Crippen LogP contribution in [0.5, 0.6) is 28.7 Å². The van der Waals surface area contributed by atoms with Crippen molar-refractivity contribution in [2.45, 2.75) is 48.5 Å². The Morgan fingerprint density at radius 2 is 0.910 bits per heavy atom. The quantitative estimate of drug-likeness (QED) is 0.00758. The van der Waals surface area contributed by atoms with E-state index in [1.165, 1.54) is 43.0 Å². The van der Waals surface area contributed by atoms with E-state index in [9.17, 15) is 43.2 Å². The van der Waals surface area contributed by atoms with Gasteiger partial charge in [0.25, 0.3) is 0 Å². The second-order valence-corrected chi connectivity index (χ2v) is 25.5. The van der Waals surface area contributed by atoms with Gasteiger partial charge in [0.2, 0.25) is 0 Å². The molecule has 3 aromatic heterocycles. The molecule has 0 amide bonds. The largest absolute Gasteiger partial charge is 0.508 e. The first-order valence-electron chi connectivity index (χ1n) is 29.6. The summed E-state index contributed by atoms with van der Waals surface area (Å²) < 4.78 is 63.4. The van der Waals surface area contributed by atoms with E-state index in [0.29, 0.717) is 69.4 Å². The topological polar surface area (TPSA) is 355 Å². The molecule has 8 rings (SSSR count). The first-order valence-corrected chi connectivity index (χ1v) is 34.4. The summed E-state index contributed by atoms with van der Waals surface area (Å²) in [6.45, 7) is 13.7. The number of ether oxygens (including phenoxy) is 11. The second kappa shape index (κ2) is 48.2. The number of benzene rings is 5. The number of nitrogens with zero attached hydrogens (tertiary/aromatic N) is 3. The van der Waals surface area contributed by atoms with Crippen LogP contribution in [0.3, 0.4) is 0 Å². The van der Waals surface area contributed by atoms with E-state index in [4.69, 9.17) is 65.1 Å². The molecule has 0 saturated carbocycles. The fraction of sp³-hybridized carbons (Fsp3) is 0.265. The lowest BCUT2D eigenvalue weighted by atomic mass is 10.1. The molecule has 0 radical (unpaired) electrons. The van der Waals surface area contributed by atoms with E-state index in [1.54, 1.807) is 144 Å². The zero-order chi connectivity index (χ0) is 74.0. The summed E-state index contributed by atoms with van der Waals surface area (Å²) in [5.74, 6) is -1.73. The summed E-state index contributed by atoms with van der Waals surface area (Å²) in [7, 11) is 6.37. The third kappa shape index (κ3) is 32.8. The van der Waals surface area contributed by atoms with Gasteiger partial charge in [0, 0.05) is 53.8 Å². The fourth-order valence-corrected chi connectivity index (χ4v) is 7.52. The van der Waals surface area contributed by atoms with Crippen LogP contribution < -0.4 is 30.0 Å². The highest BCUT2D eigenvalue weighted by Crippen LogP contribution is 2.61. The van der Waals surface area contributed by atoms with Crippen molar-refractivity contribution in [3.05, 3.63) is 179 Å². The standard InChI is InChI=1S/C15H19NO5.C13H12ClNO3.C13H13NO3.C10H7NO3.C10H16O5.C7H9NO.BrH.Cl3OP.H2/c1-4-20-14(17)13(15(18)21-5-2)10-16-11-6-8-12(19-3)9-7-11;1-3-18-13(16)10-7-15-11-5-4-8(17-2)6-9(11)12(10)14;1-3-17-13(15)10-6-9-7-11(16-2)4-5-12(9)14-8-10;12-8-1-2-9-6(4-8)3-7(5-11-9)10(13)14;1-4-13-7-8(9(11)14-5-2)10(12)15-6-3;1-9-7-4-2-6(8)3-5-7;;1-5(2,3)4;/h6-10,16H,4-5H2,1-3H3;4-7H,3H2,1-2H3;4-8H,3H2,1-2H3;1-5,12H,(H,13,14);7H,4-6H2,1-3H3;2-5H,8H2,1H3;1H;;1H. The molecule has 0 aliphatic rings. The molecular formula is C68H79BrCl4N5O21P. The molecule has 0 atom stereocenters.